The third-order valence-corrected chi connectivity index (χ3v) is 6.10. The lowest BCUT2D eigenvalue weighted by molar-refractivity contribution is -0.130. The van der Waals surface area contributed by atoms with Crippen molar-refractivity contribution in [2.45, 2.75) is 32.1 Å². The number of nitrogens with zero attached hydrogens (tertiary/aromatic N) is 1. The zero-order valence-corrected chi connectivity index (χ0v) is 16.2. The molecule has 0 unspecified atom stereocenters. The van der Waals surface area contributed by atoms with Gasteiger partial charge in [-0.2, -0.15) is 0 Å². The molecule has 5 nitrogen and oxygen atoms in total. The lowest BCUT2D eigenvalue weighted by Gasteiger charge is -2.15. The predicted molar refractivity (Wildman–Crippen MR) is 108 cm³/mol. The van der Waals surface area contributed by atoms with E-state index in [0.29, 0.717) is 24.9 Å². The summed E-state index contributed by atoms with van der Waals surface area (Å²) >= 11 is 0. The smallest absolute Gasteiger partial charge is 0.233 e. The summed E-state index contributed by atoms with van der Waals surface area (Å²) in [5.41, 5.74) is 2.59. The van der Waals surface area contributed by atoms with Crippen LogP contribution in [0.5, 0.6) is 0 Å². The van der Waals surface area contributed by atoms with E-state index in [1.54, 1.807) is 12.1 Å². The fourth-order valence-corrected chi connectivity index (χ4v) is 4.34. The van der Waals surface area contributed by atoms with Gasteiger partial charge in [-0.05, 0) is 48.9 Å². The van der Waals surface area contributed by atoms with Crippen LogP contribution in [-0.2, 0) is 27.7 Å². The Labute approximate surface area is 161 Å². The Kier molecular flexibility index (Phi) is 6.50. The summed E-state index contributed by atoms with van der Waals surface area (Å²) in [4.78, 5) is 14.0. The molecule has 0 spiro atoms. The van der Waals surface area contributed by atoms with Gasteiger partial charge >= 0.3 is 0 Å². The summed E-state index contributed by atoms with van der Waals surface area (Å²) in [6.45, 7) is 1.76. The Morgan fingerprint density at radius 1 is 0.889 bits per heavy atom. The van der Waals surface area contributed by atoms with Crippen molar-refractivity contribution in [3.8, 4) is 0 Å². The largest absolute Gasteiger partial charge is 0.343 e. The number of likely N-dealkylation sites (tertiary alicyclic amines) is 1. The molecule has 1 heterocycles. The average Bonchev–Trinajstić information content (AvgIpc) is 3.21. The molecule has 1 aliphatic heterocycles. The summed E-state index contributed by atoms with van der Waals surface area (Å²) in [5.74, 6) is 0.251. The third-order valence-electron chi connectivity index (χ3n) is 4.82. The molecule has 6 heteroatoms. The first-order valence-corrected chi connectivity index (χ1v) is 11.1. The second-order valence-corrected chi connectivity index (χ2v) is 8.78. The molecule has 1 N–H and O–H groups in total. The summed E-state index contributed by atoms with van der Waals surface area (Å²) in [5, 5.41) is 0. The minimum Gasteiger partial charge on any atom is -0.343 e. The molecule has 144 valence electrons. The van der Waals surface area contributed by atoms with Gasteiger partial charge in [0, 0.05) is 25.2 Å². The molecule has 0 saturated carbocycles. The number of benzene rings is 2. The summed E-state index contributed by atoms with van der Waals surface area (Å²) in [6, 6.07) is 16.9. The van der Waals surface area contributed by atoms with Gasteiger partial charge in [0.2, 0.25) is 15.9 Å². The van der Waals surface area contributed by atoms with E-state index in [4.69, 9.17) is 0 Å². The van der Waals surface area contributed by atoms with E-state index in [-0.39, 0.29) is 11.7 Å². The SMILES string of the molecule is O=C(CCc1ccc(NS(=O)(=O)CCc2ccccc2)cc1)N1CCCC1. The number of amides is 1. The first-order valence-electron chi connectivity index (χ1n) is 9.43. The Balaban J connectivity index is 1.48. The molecule has 0 radical (unpaired) electrons. The maximum Gasteiger partial charge on any atom is 0.233 e. The van der Waals surface area contributed by atoms with Crippen LogP contribution in [-0.4, -0.2) is 38.1 Å². The molecule has 0 bridgehead atoms. The highest BCUT2D eigenvalue weighted by atomic mass is 32.2. The van der Waals surface area contributed by atoms with E-state index in [9.17, 15) is 13.2 Å². The van der Waals surface area contributed by atoms with Crippen molar-refractivity contribution in [1.82, 2.24) is 4.90 Å². The quantitative estimate of drug-likeness (QED) is 0.757. The van der Waals surface area contributed by atoms with Gasteiger partial charge in [-0.15, -0.1) is 0 Å². The van der Waals surface area contributed by atoms with Gasteiger partial charge in [0.1, 0.15) is 0 Å². The highest BCUT2D eigenvalue weighted by Gasteiger charge is 2.17. The van der Waals surface area contributed by atoms with Gasteiger partial charge in [-0.1, -0.05) is 42.5 Å². The Bertz CT molecular complexity index is 843. The molecule has 1 saturated heterocycles. The predicted octanol–water partition coefficient (Wildman–Crippen LogP) is 3.23. The molecule has 2 aromatic carbocycles. The van der Waals surface area contributed by atoms with Crippen LogP contribution < -0.4 is 4.72 Å². The molecule has 1 amide bonds. The van der Waals surface area contributed by atoms with Crippen LogP contribution in [0.2, 0.25) is 0 Å². The topological polar surface area (TPSA) is 66.5 Å². The van der Waals surface area contributed by atoms with Crippen molar-refractivity contribution in [3.63, 3.8) is 0 Å². The fourth-order valence-electron chi connectivity index (χ4n) is 3.24. The summed E-state index contributed by atoms with van der Waals surface area (Å²) < 4.78 is 27.1. The van der Waals surface area contributed by atoms with Crippen molar-refractivity contribution in [2.24, 2.45) is 0 Å². The van der Waals surface area contributed by atoms with Crippen LogP contribution in [0.4, 0.5) is 5.69 Å². The molecule has 1 aliphatic rings. The number of rotatable bonds is 8. The number of anilines is 1. The Morgan fingerprint density at radius 2 is 1.52 bits per heavy atom. The first kappa shape index (κ1) is 19.4. The van der Waals surface area contributed by atoms with Crippen molar-refractivity contribution < 1.29 is 13.2 Å². The Hall–Kier alpha value is -2.34. The van der Waals surface area contributed by atoms with Crippen molar-refractivity contribution in [2.75, 3.05) is 23.6 Å². The van der Waals surface area contributed by atoms with Crippen LogP contribution in [0.15, 0.2) is 54.6 Å². The number of aryl methyl sites for hydroxylation is 2. The number of carbonyl (C=O) groups excluding carboxylic acids is 1. The van der Waals surface area contributed by atoms with Crippen molar-refractivity contribution in [1.29, 1.82) is 0 Å². The molecule has 2 aromatic rings. The van der Waals surface area contributed by atoms with Gasteiger partial charge in [-0.3, -0.25) is 9.52 Å². The maximum atomic E-state index is 12.3. The fraction of sp³-hybridized carbons (Fsp3) is 0.381. The van der Waals surface area contributed by atoms with Gasteiger partial charge in [0.05, 0.1) is 5.75 Å². The van der Waals surface area contributed by atoms with E-state index in [1.807, 2.05) is 47.4 Å². The molecular weight excluding hydrogens is 360 g/mol. The normalized spacial score (nSPS) is 14.3. The minimum atomic E-state index is -3.39. The third kappa shape index (κ3) is 6.10. The maximum absolute atomic E-state index is 12.3. The lowest BCUT2D eigenvalue weighted by Crippen LogP contribution is -2.27. The second kappa shape index (κ2) is 9.04. The molecule has 0 aliphatic carbocycles. The van der Waals surface area contributed by atoms with E-state index in [2.05, 4.69) is 4.72 Å². The summed E-state index contributed by atoms with van der Waals surface area (Å²) in [7, 11) is -3.39. The number of sulfonamides is 1. The molecule has 27 heavy (non-hydrogen) atoms. The molecule has 0 atom stereocenters. The van der Waals surface area contributed by atoms with E-state index in [0.717, 1.165) is 37.1 Å². The number of nitrogens with one attached hydrogen (secondary N) is 1. The molecule has 0 aromatic heterocycles. The average molecular weight is 387 g/mol. The first-order chi connectivity index (χ1) is 13.0. The van der Waals surface area contributed by atoms with Crippen LogP contribution in [0.3, 0.4) is 0 Å². The monoisotopic (exact) mass is 386 g/mol. The standard InChI is InChI=1S/C21H26N2O3S/c24-21(23-15-4-5-16-23)13-10-19-8-11-20(12-9-19)22-27(25,26)17-14-18-6-2-1-3-7-18/h1-3,6-9,11-12,22H,4-5,10,13-17H2. The van der Waals surface area contributed by atoms with Crippen LogP contribution >= 0.6 is 0 Å². The zero-order chi connectivity index (χ0) is 19.1. The second-order valence-electron chi connectivity index (χ2n) is 6.94. The van der Waals surface area contributed by atoms with Gasteiger partial charge in [0.25, 0.3) is 0 Å². The molecular formula is C21H26N2O3S. The number of hydrogen-bond donors (Lipinski definition) is 1. The number of carbonyl (C=O) groups is 1. The van der Waals surface area contributed by atoms with Crippen LogP contribution in [0, 0.1) is 0 Å². The van der Waals surface area contributed by atoms with E-state index in [1.165, 1.54) is 0 Å². The zero-order valence-electron chi connectivity index (χ0n) is 15.4. The highest BCUT2D eigenvalue weighted by molar-refractivity contribution is 7.92. The number of hydrogen-bond acceptors (Lipinski definition) is 3. The molecule has 3 rings (SSSR count). The van der Waals surface area contributed by atoms with Gasteiger partial charge in [0.15, 0.2) is 0 Å². The van der Waals surface area contributed by atoms with E-state index < -0.39 is 10.0 Å². The minimum absolute atomic E-state index is 0.0447. The van der Waals surface area contributed by atoms with Crippen LogP contribution in [0.25, 0.3) is 0 Å². The van der Waals surface area contributed by atoms with E-state index >= 15 is 0 Å². The van der Waals surface area contributed by atoms with Crippen molar-refractivity contribution in [3.05, 3.63) is 65.7 Å². The molecule has 1 fully saturated rings. The lowest BCUT2D eigenvalue weighted by atomic mass is 10.1. The van der Waals surface area contributed by atoms with Crippen LogP contribution in [0.1, 0.15) is 30.4 Å². The van der Waals surface area contributed by atoms with Crippen molar-refractivity contribution >= 4 is 21.6 Å². The highest BCUT2D eigenvalue weighted by Crippen LogP contribution is 2.15. The summed E-state index contributed by atoms with van der Waals surface area (Å²) in [6.07, 6.45) is 3.86. The Morgan fingerprint density at radius 3 is 2.19 bits per heavy atom. The van der Waals surface area contributed by atoms with Gasteiger partial charge in [-0.25, -0.2) is 8.42 Å². The van der Waals surface area contributed by atoms with Gasteiger partial charge < -0.3 is 4.90 Å².